The lowest BCUT2D eigenvalue weighted by atomic mass is 9.95. The Bertz CT molecular complexity index is 784. The van der Waals surface area contributed by atoms with Crippen LogP contribution in [0.5, 0.6) is 0 Å². The molecule has 1 aromatic carbocycles. The molecular formula is C20H27ClN4O2. The smallest absolute Gasteiger partial charge is 0.298 e. The Morgan fingerprint density at radius 1 is 1.11 bits per heavy atom. The van der Waals surface area contributed by atoms with Crippen LogP contribution < -0.4 is 10.6 Å². The van der Waals surface area contributed by atoms with E-state index >= 15 is 0 Å². The predicted molar refractivity (Wildman–Crippen MR) is 107 cm³/mol. The highest BCUT2D eigenvalue weighted by Crippen LogP contribution is 2.38. The summed E-state index contributed by atoms with van der Waals surface area (Å²) in [4.78, 5) is 21.8. The van der Waals surface area contributed by atoms with Gasteiger partial charge in [-0.1, -0.05) is 12.1 Å². The van der Waals surface area contributed by atoms with Gasteiger partial charge in [-0.3, -0.25) is 4.79 Å². The van der Waals surface area contributed by atoms with Crippen LogP contribution in [0.4, 0.5) is 6.01 Å². The molecular weight excluding hydrogens is 364 g/mol. The highest BCUT2D eigenvalue weighted by molar-refractivity contribution is 5.85. The molecule has 0 bridgehead atoms. The van der Waals surface area contributed by atoms with Gasteiger partial charge in [0, 0.05) is 38.1 Å². The number of para-hydroxylation sites is 2. The number of carbonyl (C=O) groups is 1. The van der Waals surface area contributed by atoms with Crippen molar-refractivity contribution in [1.29, 1.82) is 0 Å². The van der Waals surface area contributed by atoms with E-state index in [0.717, 1.165) is 56.5 Å². The minimum Gasteiger partial charge on any atom is -0.423 e. The standard InChI is InChI=1S/C20H26N4O2.ClH/c21-16-6-5-14-11-24(12-15(14)16)19(25)13-7-9-23(10-8-13)20-22-17-3-1-2-4-18(17)26-20;/h1-4,13-16H,5-12,21H2;1H. The Balaban J connectivity index is 0.00000180. The summed E-state index contributed by atoms with van der Waals surface area (Å²) in [6, 6.07) is 8.80. The van der Waals surface area contributed by atoms with Crippen LogP contribution in [0.2, 0.25) is 0 Å². The molecule has 2 aromatic rings. The van der Waals surface area contributed by atoms with Crippen molar-refractivity contribution in [3.8, 4) is 0 Å². The van der Waals surface area contributed by atoms with Crippen LogP contribution in [-0.4, -0.2) is 48.0 Å². The van der Waals surface area contributed by atoms with Gasteiger partial charge in [0.1, 0.15) is 5.52 Å². The molecule has 0 radical (unpaired) electrons. The molecule has 1 saturated carbocycles. The first-order valence-corrected chi connectivity index (χ1v) is 9.84. The molecule has 7 heteroatoms. The second kappa shape index (κ2) is 7.32. The third kappa shape index (κ3) is 3.29. The fraction of sp³-hybridized carbons (Fsp3) is 0.600. The number of likely N-dealkylation sites (tertiary alicyclic amines) is 1. The van der Waals surface area contributed by atoms with Gasteiger partial charge in [-0.2, -0.15) is 4.98 Å². The molecule has 0 spiro atoms. The molecule has 1 aliphatic carbocycles. The van der Waals surface area contributed by atoms with Crippen molar-refractivity contribution in [2.75, 3.05) is 31.1 Å². The highest BCUT2D eigenvalue weighted by Gasteiger charge is 2.43. The Labute approximate surface area is 165 Å². The van der Waals surface area contributed by atoms with Gasteiger partial charge >= 0.3 is 0 Å². The van der Waals surface area contributed by atoms with Crippen LogP contribution in [0.15, 0.2) is 28.7 Å². The molecule has 2 aliphatic heterocycles. The number of hydrogen-bond donors (Lipinski definition) is 1. The second-order valence-electron chi connectivity index (χ2n) is 8.13. The maximum absolute atomic E-state index is 12.9. The summed E-state index contributed by atoms with van der Waals surface area (Å²) >= 11 is 0. The third-order valence-corrected chi connectivity index (χ3v) is 6.62. The first-order valence-electron chi connectivity index (χ1n) is 9.84. The van der Waals surface area contributed by atoms with Gasteiger partial charge in [0.25, 0.3) is 6.01 Å². The molecule has 1 amide bonds. The van der Waals surface area contributed by atoms with Crippen LogP contribution in [0.1, 0.15) is 25.7 Å². The zero-order chi connectivity index (χ0) is 17.7. The topological polar surface area (TPSA) is 75.6 Å². The largest absolute Gasteiger partial charge is 0.423 e. The van der Waals surface area contributed by atoms with Crippen LogP contribution in [0.25, 0.3) is 11.1 Å². The Morgan fingerprint density at radius 2 is 1.89 bits per heavy atom. The van der Waals surface area contributed by atoms with E-state index in [-0.39, 0.29) is 18.3 Å². The van der Waals surface area contributed by atoms with E-state index in [1.807, 2.05) is 24.3 Å². The molecule has 3 fully saturated rings. The number of amides is 1. The van der Waals surface area contributed by atoms with Gasteiger partial charge in [-0.15, -0.1) is 12.4 Å². The monoisotopic (exact) mass is 390 g/mol. The number of nitrogens with two attached hydrogens (primary N) is 1. The average Bonchev–Trinajstić information content (AvgIpc) is 3.37. The minimum absolute atomic E-state index is 0. The van der Waals surface area contributed by atoms with E-state index in [1.165, 1.54) is 6.42 Å². The minimum atomic E-state index is 0. The fourth-order valence-electron chi connectivity index (χ4n) is 5.06. The molecule has 3 unspecified atom stereocenters. The van der Waals surface area contributed by atoms with Crippen molar-refractivity contribution in [1.82, 2.24) is 9.88 Å². The Morgan fingerprint density at radius 3 is 2.63 bits per heavy atom. The lowest BCUT2D eigenvalue weighted by Crippen LogP contribution is -2.42. The van der Waals surface area contributed by atoms with Crippen LogP contribution in [0.3, 0.4) is 0 Å². The van der Waals surface area contributed by atoms with Crippen molar-refractivity contribution in [2.45, 2.75) is 31.7 Å². The van der Waals surface area contributed by atoms with E-state index in [2.05, 4.69) is 14.8 Å². The lowest BCUT2D eigenvalue weighted by molar-refractivity contribution is -0.135. The Hall–Kier alpha value is -1.79. The summed E-state index contributed by atoms with van der Waals surface area (Å²) in [7, 11) is 0. The normalized spacial score (nSPS) is 28.4. The SMILES string of the molecule is Cl.NC1CCC2CN(C(=O)C3CCN(c4nc5ccccc5o4)CC3)CC12. The number of rotatable bonds is 2. The molecule has 3 atom stereocenters. The van der Waals surface area contributed by atoms with Gasteiger partial charge in [-0.05, 0) is 49.7 Å². The summed E-state index contributed by atoms with van der Waals surface area (Å²) in [5, 5.41) is 0. The van der Waals surface area contributed by atoms with Crippen molar-refractivity contribution >= 4 is 35.4 Å². The number of oxazole rings is 1. The number of nitrogens with zero attached hydrogens (tertiary/aromatic N) is 3. The van der Waals surface area contributed by atoms with Crippen molar-refractivity contribution < 1.29 is 9.21 Å². The number of halogens is 1. The molecule has 5 rings (SSSR count). The van der Waals surface area contributed by atoms with E-state index < -0.39 is 0 Å². The number of aromatic nitrogens is 1. The number of fused-ring (bicyclic) bond motifs is 2. The fourth-order valence-corrected chi connectivity index (χ4v) is 5.06. The maximum atomic E-state index is 12.9. The van der Waals surface area contributed by atoms with E-state index in [0.29, 0.717) is 29.8 Å². The van der Waals surface area contributed by atoms with Gasteiger partial charge in [0.05, 0.1) is 0 Å². The van der Waals surface area contributed by atoms with E-state index in [9.17, 15) is 4.79 Å². The summed E-state index contributed by atoms with van der Waals surface area (Å²) in [5.41, 5.74) is 7.92. The number of anilines is 1. The first kappa shape index (κ1) is 18.6. The average molecular weight is 391 g/mol. The summed E-state index contributed by atoms with van der Waals surface area (Å²) in [5.74, 6) is 1.63. The van der Waals surface area contributed by atoms with Gasteiger partial charge in [0.15, 0.2) is 5.58 Å². The van der Waals surface area contributed by atoms with Crippen LogP contribution >= 0.6 is 12.4 Å². The molecule has 6 nitrogen and oxygen atoms in total. The zero-order valence-electron chi connectivity index (χ0n) is 15.4. The molecule has 146 valence electrons. The van der Waals surface area contributed by atoms with Crippen LogP contribution in [-0.2, 0) is 4.79 Å². The quantitative estimate of drug-likeness (QED) is 0.853. The van der Waals surface area contributed by atoms with Gasteiger partial charge < -0.3 is 20.0 Å². The van der Waals surface area contributed by atoms with Crippen molar-refractivity contribution in [2.24, 2.45) is 23.5 Å². The molecule has 2 N–H and O–H groups in total. The van der Waals surface area contributed by atoms with Crippen LogP contribution in [0, 0.1) is 17.8 Å². The summed E-state index contributed by atoms with van der Waals surface area (Å²) in [6.45, 7) is 3.44. The van der Waals surface area contributed by atoms with Gasteiger partial charge in [-0.25, -0.2) is 0 Å². The molecule has 2 saturated heterocycles. The Kier molecular flexibility index (Phi) is 5.03. The van der Waals surface area contributed by atoms with Crippen molar-refractivity contribution in [3.63, 3.8) is 0 Å². The molecule has 3 heterocycles. The number of carbonyl (C=O) groups excluding carboxylic acids is 1. The second-order valence-corrected chi connectivity index (χ2v) is 8.13. The number of benzene rings is 1. The molecule has 1 aromatic heterocycles. The number of hydrogen-bond acceptors (Lipinski definition) is 5. The lowest BCUT2D eigenvalue weighted by Gasteiger charge is -2.32. The molecule has 3 aliphatic rings. The van der Waals surface area contributed by atoms with Gasteiger partial charge in [0.2, 0.25) is 5.91 Å². The predicted octanol–water partition coefficient (Wildman–Crippen LogP) is 2.66. The molecule has 27 heavy (non-hydrogen) atoms. The highest BCUT2D eigenvalue weighted by atomic mass is 35.5. The first-order chi connectivity index (χ1) is 12.7. The third-order valence-electron chi connectivity index (χ3n) is 6.62. The maximum Gasteiger partial charge on any atom is 0.298 e. The van der Waals surface area contributed by atoms with Crippen molar-refractivity contribution in [3.05, 3.63) is 24.3 Å². The van der Waals surface area contributed by atoms with E-state index in [4.69, 9.17) is 10.2 Å². The summed E-state index contributed by atoms with van der Waals surface area (Å²) in [6.07, 6.45) is 4.05. The number of piperidine rings is 1. The van der Waals surface area contributed by atoms with E-state index in [1.54, 1.807) is 0 Å². The zero-order valence-corrected chi connectivity index (χ0v) is 16.2. The summed E-state index contributed by atoms with van der Waals surface area (Å²) < 4.78 is 5.87.